The minimum absolute atomic E-state index is 0.289. The van der Waals surface area contributed by atoms with Crippen molar-refractivity contribution in [1.82, 2.24) is 19.7 Å². The molecule has 8 heteroatoms. The molecule has 0 atom stereocenters. The minimum atomic E-state index is -0.289. The van der Waals surface area contributed by atoms with Gasteiger partial charge in [-0.15, -0.1) is 0 Å². The molecule has 0 aliphatic rings. The highest BCUT2D eigenvalue weighted by molar-refractivity contribution is 6.00. The molecule has 0 fully saturated rings. The van der Waals surface area contributed by atoms with Crippen molar-refractivity contribution < 1.29 is 4.79 Å². The van der Waals surface area contributed by atoms with Crippen molar-refractivity contribution in [3.05, 3.63) is 83.9 Å². The molecule has 0 bridgehead atoms. The summed E-state index contributed by atoms with van der Waals surface area (Å²) < 4.78 is 1.68. The maximum absolute atomic E-state index is 12.3. The van der Waals surface area contributed by atoms with E-state index in [1.807, 2.05) is 81.6 Å². The molecule has 2 aromatic carbocycles. The number of carbonyl (C=O) groups is 1. The normalized spacial score (nSPS) is 10.5. The van der Waals surface area contributed by atoms with Crippen LogP contribution >= 0.6 is 0 Å². The van der Waals surface area contributed by atoms with Crippen molar-refractivity contribution in [1.29, 1.82) is 0 Å². The summed E-state index contributed by atoms with van der Waals surface area (Å²) in [6.07, 6.45) is 3.53. The number of aryl methyl sites for hydroxylation is 3. The zero-order valence-electron chi connectivity index (χ0n) is 17.5. The number of nitrogens with zero attached hydrogens (tertiary/aromatic N) is 4. The van der Waals surface area contributed by atoms with Gasteiger partial charge in [0.25, 0.3) is 0 Å². The number of nitrogens with one attached hydrogen (secondary N) is 3. The number of urea groups is 1. The first-order valence-electron chi connectivity index (χ1n) is 9.84. The second kappa shape index (κ2) is 8.66. The van der Waals surface area contributed by atoms with E-state index in [9.17, 15) is 4.79 Å². The first kappa shape index (κ1) is 20.1. The van der Waals surface area contributed by atoms with Crippen LogP contribution in [0.15, 0.2) is 67.0 Å². The summed E-state index contributed by atoms with van der Waals surface area (Å²) in [6.45, 7) is 5.82. The summed E-state index contributed by atoms with van der Waals surface area (Å²) in [4.78, 5) is 21.2. The second-order valence-corrected chi connectivity index (χ2v) is 7.21. The van der Waals surface area contributed by atoms with Gasteiger partial charge in [-0.25, -0.2) is 19.4 Å². The highest BCUT2D eigenvalue weighted by atomic mass is 16.2. The lowest BCUT2D eigenvalue weighted by Crippen LogP contribution is -2.19. The molecule has 2 amide bonds. The molecule has 0 spiro atoms. The van der Waals surface area contributed by atoms with E-state index in [-0.39, 0.29) is 6.03 Å². The Balaban J connectivity index is 1.41. The number of hydrogen-bond donors (Lipinski definition) is 3. The van der Waals surface area contributed by atoms with Gasteiger partial charge >= 0.3 is 6.03 Å². The van der Waals surface area contributed by atoms with Gasteiger partial charge in [0.05, 0.1) is 0 Å². The number of rotatable bonds is 5. The molecule has 0 saturated carbocycles. The van der Waals surface area contributed by atoms with Crippen molar-refractivity contribution in [2.24, 2.45) is 0 Å². The Morgan fingerprint density at radius 2 is 1.68 bits per heavy atom. The van der Waals surface area contributed by atoms with Crippen LogP contribution in [0.5, 0.6) is 0 Å². The summed E-state index contributed by atoms with van der Waals surface area (Å²) in [5.74, 6) is 1.98. The average Bonchev–Trinajstić information content (AvgIpc) is 3.26. The molecular weight excluding hydrogens is 390 g/mol. The van der Waals surface area contributed by atoms with Crippen LogP contribution in [0, 0.1) is 20.8 Å². The zero-order chi connectivity index (χ0) is 21.8. The molecule has 3 N–H and O–H groups in total. The van der Waals surface area contributed by atoms with E-state index < -0.39 is 0 Å². The Bertz CT molecular complexity index is 1200. The third kappa shape index (κ3) is 5.05. The van der Waals surface area contributed by atoms with Crippen molar-refractivity contribution in [3.8, 4) is 5.82 Å². The predicted octanol–water partition coefficient (Wildman–Crippen LogP) is 4.98. The summed E-state index contributed by atoms with van der Waals surface area (Å²) in [7, 11) is 0. The van der Waals surface area contributed by atoms with Crippen LogP contribution in [0.2, 0.25) is 0 Å². The Morgan fingerprint density at radius 3 is 2.39 bits per heavy atom. The number of anilines is 4. The van der Waals surface area contributed by atoms with Gasteiger partial charge in [0, 0.05) is 35.5 Å². The zero-order valence-corrected chi connectivity index (χ0v) is 17.5. The molecule has 4 rings (SSSR count). The van der Waals surface area contributed by atoms with Crippen LogP contribution in [0.25, 0.3) is 5.82 Å². The van der Waals surface area contributed by atoms with E-state index in [1.165, 1.54) is 0 Å². The quantitative estimate of drug-likeness (QED) is 0.429. The molecule has 8 nitrogen and oxygen atoms in total. The summed E-state index contributed by atoms with van der Waals surface area (Å²) in [6, 6.07) is 16.7. The molecular formula is C23H23N7O. The molecule has 0 unspecified atom stereocenters. The van der Waals surface area contributed by atoms with E-state index in [4.69, 9.17) is 0 Å². The van der Waals surface area contributed by atoms with E-state index >= 15 is 0 Å². The Hall–Kier alpha value is -4.20. The highest BCUT2D eigenvalue weighted by Gasteiger charge is 2.07. The lowest BCUT2D eigenvalue weighted by atomic mass is 10.1. The fourth-order valence-corrected chi connectivity index (χ4v) is 3.16. The van der Waals surface area contributed by atoms with Crippen molar-refractivity contribution >= 4 is 28.9 Å². The number of hydrogen-bond acceptors (Lipinski definition) is 5. The fourth-order valence-electron chi connectivity index (χ4n) is 3.16. The average molecular weight is 413 g/mol. The standard InChI is InChI=1S/C23H23N7O/c1-15-5-10-20(16(2)13-15)29-23(31)28-19-8-6-18(7-9-19)27-21-14-22(26-17(3)25-21)30-12-4-11-24-30/h4-14H,1-3H3,(H,25,26,27)(H2,28,29,31). The molecule has 2 aromatic heterocycles. The molecule has 0 aliphatic heterocycles. The van der Waals surface area contributed by atoms with Gasteiger partial charge in [0.15, 0.2) is 5.82 Å². The van der Waals surface area contributed by atoms with Gasteiger partial charge in [-0.3, -0.25) is 0 Å². The van der Waals surface area contributed by atoms with Crippen molar-refractivity contribution in [3.63, 3.8) is 0 Å². The number of aromatic nitrogens is 4. The molecule has 156 valence electrons. The Labute approximate surface area is 180 Å². The van der Waals surface area contributed by atoms with Gasteiger partial charge in [0.2, 0.25) is 0 Å². The summed E-state index contributed by atoms with van der Waals surface area (Å²) in [5.41, 5.74) is 4.48. The van der Waals surface area contributed by atoms with Gasteiger partial charge in [-0.1, -0.05) is 17.7 Å². The van der Waals surface area contributed by atoms with Crippen molar-refractivity contribution in [2.75, 3.05) is 16.0 Å². The number of amides is 2. The summed E-state index contributed by atoms with van der Waals surface area (Å²) in [5, 5.41) is 13.2. The lowest BCUT2D eigenvalue weighted by Gasteiger charge is -2.12. The highest BCUT2D eigenvalue weighted by Crippen LogP contribution is 2.20. The predicted molar refractivity (Wildman–Crippen MR) is 122 cm³/mol. The maximum Gasteiger partial charge on any atom is 0.323 e. The molecule has 0 aliphatic carbocycles. The van der Waals surface area contributed by atoms with E-state index in [1.54, 1.807) is 10.9 Å². The fraction of sp³-hybridized carbons (Fsp3) is 0.130. The second-order valence-electron chi connectivity index (χ2n) is 7.21. The molecule has 4 aromatic rings. The largest absolute Gasteiger partial charge is 0.340 e. The first-order valence-corrected chi connectivity index (χ1v) is 9.84. The Morgan fingerprint density at radius 1 is 0.903 bits per heavy atom. The van der Waals surface area contributed by atoms with E-state index in [2.05, 4.69) is 31.0 Å². The van der Waals surface area contributed by atoms with Crippen LogP contribution in [0.4, 0.5) is 27.7 Å². The van der Waals surface area contributed by atoms with Crippen LogP contribution in [0.1, 0.15) is 17.0 Å². The SMILES string of the molecule is Cc1ccc(NC(=O)Nc2ccc(Nc3cc(-n4cccn4)nc(C)n3)cc2)c(C)c1. The third-order valence-corrected chi connectivity index (χ3v) is 4.61. The lowest BCUT2D eigenvalue weighted by molar-refractivity contribution is 0.262. The molecule has 31 heavy (non-hydrogen) atoms. The Kier molecular flexibility index (Phi) is 5.61. The molecule has 2 heterocycles. The van der Waals surface area contributed by atoms with Gasteiger partial charge in [0.1, 0.15) is 11.6 Å². The number of benzene rings is 2. The topological polar surface area (TPSA) is 96.8 Å². The van der Waals surface area contributed by atoms with Crippen LogP contribution < -0.4 is 16.0 Å². The van der Waals surface area contributed by atoms with Crippen LogP contribution in [0.3, 0.4) is 0 Å². The first-order chi connectivity index (χ1) is 15.0. The van der Waals surface area contributed by atoms with Gasteiger partial charge in [-0.05, 0) is 62.7 Å². The minimum Gasteiger partial charge on any atom is -0.340 e. The van der Waals surface area contributed by atoms with Crippen LogP contribution in [-0.2, 0) is 0 Å². The summed E-state index contributed by atoms with van der Waals surface area (Å²) >= 11 is 0. The molecule has 0 radical (unpaired) electrons. The maximum atomic E-state index is 12.3. The molecule has 0 saturated heterocycles. The van der Waals surface area contributed by atoms with E-state index in [0.29, 0.717) is 23.1 Å². The van der Waals surface area contributed by atoms with Gasteiger partial charge in [-0.2, -0.15) is 5.10 Å². The van der Waals surface area contributed by atoms with Gasteiger partial charge < -0.3 is 16.0 Å². The van der Waals surface area contributed by atoms with Crippen molar-refractivity contribution in [2.45, 2.75) is 20.8 Å². The smallest absolute Gasteiger partial charge is 0.323 e. The van der Waals surface area contributed by atoms with E-state index in [0.717, 1.165) is 22.5 Å². The monoisotopic (exact) mass is 413 g/mol. The third-order valence-electron chi connectivity index (χ3n) is 4.61. The number of carbonyl (C=O) groups excluding carboxylic acids is 1. The van der Waals surface area contributed by atoms with Crippen LogP contribution in [-0.4, -0.2) is 25.8 Å².